The number of piperazine rings is 1. The summed E-state index contributed by atoms with van der Waals surface area (Å²) in [6, 6.07) is 2.09. The third kappa shape index (κ3) is 5.25. The van der Waals surface area contributed by atoms with Crippen LogP contribution in [0.25, 0.3) is 0 Å². The van der Waals surface area contributed by atoms with E-state index in [1.54, 1.807) is 0 Å². The highest BCUT2D eigenvalue weighted by atomic mass is 15.3. The van der Waals surface area contributed by atoms with E-state index in [0.29, 0.717) is 18.1 Å². The Balaban J connectivity index is 2.12. The maximum Gasteiger partial charge on any atom is 0.0195 e. The van der Waals surface area contributed by atoms with Gasteiger partial charge in [0.05, 0.1) is 0 Å². The van der Waals surface area contributed by atoms with E-state index in [2.05, 4.69) is 49.9 Å². The smallest absolute Gasteiger partial charge is 0.0195 e. The summed E-state index contributed by atoms with van der Waals surface area (Å²) >= 11 is 0. The van der Waals surface area contributed by atoms with E-state index in [1.165, 1.54) is 38.9 Å². The van der Waals surface area contributed by atoms with Crippen molar-refractivity contribution in [1.82, 2.24) is 15.1 Å². The lowest BCUT2D eigenvalue weighted by molar-refractivity contribution is 0.0590. The quantitative estimate of drug-likeness (QED) is 0.704. The fourth-order valence-corrected chi connectivity index (χ4v) is 2.93. The van der Waals surface area contributed by atoms with Crippen molar-refractivity contribution in [1.29, 1.82) is 0 Å². The molecule has 0 amide bonds. The van der Waals surface area contributed by atoms with Crippen molar-refractivity contribution in [3.63, 3.8) is 0 Å². The first-order chi connectivity index (χ1) is 8.54. The average Bonchev–Trinajstić information content (AvgIpc) is 2.32. The van der Waals surface area contributed by atoms with Crippen molar-refractivity contribution in [2.45, 2.75) is 65.1 Å². The Morgan fingerprint density at radius 1 is 1.17 bits per heavy atom. The largest absolute Gasteiger partial charge is 0.315 e. The summed E-state index contributed by atoms with van der Waals surface area (Å²) in [5.74, 6) is 0. The zero-order chi connectivity index (χ0) is 13.5. The molecule has 0 aromatic carbocycles. The molecule has 1 aliphatic rings. The number of nitrogens with one attached hydrogen (secondary N) is 1. The van der Waals surface area contributed by atoms with Crippen molar-refractivity contribution in [3.8, 4) is 0 Å². The first-order valence-electron chi connectivity index (χ1n) is 7.72. The van der Waals surface area contributed by atoms with E-state index in [0.717, 1.165) is 6.54 Å². The average molecular weight is 255 g/mol. The van der Waals surface area contributed by atoms with Crippen LogP contribution in [0.1, 0.15) is 47.0 Å². The fraction of sp³-hybridized carbons (Fsp3) is 1.00. The van der Waals surface area contributed by atoms with Gasteiger partial charge in [0, 0.05) is 31.2 Å². The summed E-state index contributed by atoms with van der Waals surface area (Å²) in [6.07, 6.45) is 4.01. The van der Waals surface area contributed by atoms with Crippen molar-refractivity contribution in [2.24, 2.45) is 0 Å². The first-order valence-corrected chi connectivity index (χ1v) is 7.72. The lowest BCUT2D eigenvalue weighted by atomic mass is 10.1. The molecular weight excluding hydrogens is 222 g/mol. The zero-order valence-electron chi connectivity index (χ0n) is 13.1. The lowest BCUT2D eigenvalue weighted by Gasteiger charge is -2.42. The zero-order valence-corrected chi connectivity index (χ0v) is 13.1. The monoisotopic (exact) mass is 255 g/mol. The van der Waals surface area contributed by atoms with Gasteiger partial charge in [-0.15, -0.1) is 0 Å². The van der Waals surface area contributed by atoms with Gasteiger partial charge in [0.15, 0.2) is 0 Å². The number of nitrogens with zero attached hydrogens (tertiary/aromatic N) is 2. The minimum absolute atomic E-state index is 0.681. The second kappa shape index (κ2) is 8.13. The normalized spacial score (nSPS) is 28.5. The summed E-state index contributed by atoms with van der Waals surface area (Å²) < 4.78 is 0. The molecule has 0 aromatic rings. The molecule has 1 N–H and O–H groups in total. The topological polar surface area (TPSA) is 18.5 Å². The molecule has 0 saturated carbocycles. The Labute approximate surface area is 114 Å². The van der Waals surface area contributed by atoms with Crippen LogP contribution in [0.4, 0.5) is 0 Å². The Morgan fingerprint density at radius 3 is 2.33 bits per heavy atom. The number of likely N-dealkylation sites (N-methyl/N-ethyl adjacent to an activating group) is 1. The summed E-state index contributed by atoms with van der Waals surface area (Å²) in [6.45, 7) is 14.0. The predicted molar refractivity (Wildman–Crippen MR) is 80.1 cm³/mol. The molecule has 3 atom stereocenters. The van der Waals surface area contributed by atoms with Crippen LogP contribution in [-0.2, 0) is 0 Å². The van der Waals surface area contributed by atoms with Gasteiger partial charge in [-0.25, -0.2) is 0 Å². The van der Waals surface area contributed by atoms with E-state index >= 15 is 0 Å². The van der Waals surface area contributed by atoms with Gasteiger partial charge in [-0.05, 0) is 53.8 Å². The Kier molecular flexibility index (Phi) is 7.20. The molecule has 0 bridgehead atoms. The molecule has 3 heteroatoms. The number of hydrogen-bond acceptors (Lipinski definition) is 3. The molecule has 1 heterocycles. The lowest BCUT2D eigenvalue weighted by Crippen LogP contribution is -2.54. The van der Waals surface area contributed by atoms with Crippen molar-refractivity contribution in [3.05, 3.63) is 0 Å². The van der Waals surface area contributed by atoms with E-state index in [9.17, 15) is 0 Å². The van der Waals surface area contributed by atoms with Gasteiger partial charge >= 0.3 is 0 Å². The second-order valence-corrected chi connectivity index (χ2v) is 6.08. The minimum Gasteiger partial charge on any atom is -0.315 e. The molecule has 108 valence electrons. The molecule has 0 radical (unpaired) electrons. The molecule has 1 aliphatic heterocycles. The number of hydrogen-bond donors (Lipinski definition) is 1. The Hall–Kier alpha value is -0.120. The van der Waals surface area contributed by atoms with Crippen LogP contribution in [-0.4, -0.2) is 61.2 Å². The first kappa shape index (κ1) is 15.9. The number of unbranched alkanes of at least 4 members (excludes halogenated alkanes) is 1. The molecule has 3 unspecified atom stereocenters. The Bertz CT molecular complexity index is 208. The molecule has 0 aromatic heterocycles. The molecule has 1 rings (SSSR count). The van der Waals surface area contributed by atoms with E-state index in [1.807, 2.05) is 0 Å². The van der Waals surface area contributed by atoms with Gasteiger partial charge in [-0.2, -0.15) is 0 Å². The molecule has 18 heavy (non-hydrogen) atoms. The van der Waals surface area contributed by atoms with E-state index < -0.39 is 0 Å². The summed E-state index contributed by atoms with van der Waals surface area (Å²) in [7, 11) is 2.25. The van der Waals surface area contributed by atoms with E-state index in [4.69, 9.17) is 0 Å². The maximum atomic E-state index is 3.48. The Morgan fingerprint density at radius 2 is 1.78 bits per heavy atom. The van der Waals surface area contributed by atoms with Gasteiger partial charge in [0.2, 0.25) is 0 Å². The van der Waals surface area contributed by atoms with Crippen LogP contribution < -0.4 is 5.32 Å². The van der Waals surface area contributed by atoms with Crippen LogP contribution in [0.15, 0.2) is 0 Å². The van der Waals surface area contributed by atoms with Crippen molar-refractivity contribution in [2.75, 3.05) is 33.2 Å². The van der Waals surface area contributed by atoms with Gasteiger partial charge in [-0.3, -0.25) is 4.90 Å². The fourth-order valence-electron chi connectivity index (χ4n) is 2.93. The molecular formula is C15H33N3. The van der Waals surface area contributed by atoms with Crippen LogP contribution in [0, 0.1) is 0 Å². The van der Waals surface area contributed by atoms with Crippen LogP contribution in [0.2, 0.25) is 0 Å². The summed E-state index contributed by atoms with van der Waals surface area (Å²) in [4.78, 5) is 5.15. The SMILES string of the molecule is CCNC(C)CCCCN1CC(C)N(C)C(C)C1. The van der Waals surface area contributed by atoms with Gasteiger partial charge in [0.1, 0.15) is 0 Å². The maximum absolute atomic E-state index is 3.48. The van der Waals surface area contributed by atoms with Gasteiger partial charge < -0.3 is 10.2 Å². The minimum atomic E-state index is 0.681. The van der Waals surface area contributed by atoms with Crippen molar-refractivity contribution < 1.29 is 0 Å². The van der Waals surface area contributed by atoms with Crippen LogP contribution >= 0.6 is 0 Å². The standard InChI is InChI=1S/C15H33N3/c1-6-16-13(2)9-7-8-10-18-11-14(3)17(5)15(4)12-18/h13-16H,6-12H2,1-5H3. The molecule has 0 spiro atoms. The third-order valence-electron chi connectivity index (χ3n) is 4.35. The van der Waals surface area contributed by atoms with Gasteiger partial charge in [-0.1, -0.05) is 13.3 Å². The van der Waals surface area contributed by atoms with Crippen LogP contribution in [0.5, 0.6) is 0 Å². The predicted octanol–water partition coefficient (Wildman–Crippen LogP) is 2.18. The van der Waals surface area contributed by atoms with Gasteiger partial charge in [0.25, 0.3) is 0 Å². The van der Waals surface area contributed by atoms with Crippen molar-refractivity contribution >= 4 is 0 Å². The second-order valence-electron chi connectivity index (χ2n) is 6.08. The molecule has 1 fully saturated rings. The highest BCUT2D eigenvalue weighted by Crippen LogP contribution is 2.14. The molecule has 0 aliphatic carbocycles. The highest BCUT2D eigenvalue weighted by molar-refractivity contribution is 4.82. The highest BCUT2D eigenvalue weighted by Gasteiger charge is 2.25. The third-order valence-corrected chi connectivity index (χ3v) is 4.35. The summed E-state index contributed by atoms with van der Waals surface area (Å²) in [5.41, 5.74) is 0. The van der Waals surface area contributed by atoms with E-state index in [-0.39, 0.29) is 0 Å². The van der Waals surface area contributed by atoms with Crippen LogP contribution in [0.3, 0.4) is 0 Å². The summed E-state index contributed by atoms with van der Waals surface area (Å²) in [5, 5.41) is 3.48. The number of rotatable bonds is 7. The molecule has 3 nitrogen and oxygen atoms in total. The molecule has 1 saturated heterocycles.